The Kier molecular flexibility index (Phi) is 14.0. The summed E-state index contributed by atoms with van der Waals surface area (Å²) in [5, 5.41) is 2.70. The first kappa shape index (κ1) is 31.9. The quantitative estimate of drug-likeness (QED) is 0.181. The molecule has 13 nitrogen and oxygen atoms in total. The van der Waals surface area contributed by atoms with Crippen molar-refractivity contribution in [2.75, 3.05) is 34.0 Å². The molecule has 0 spiro atoms. The third kappa shape index (κ3) is 10.8. The van der Waals surface area contributed by atoms with Crippen LogP contribution in [0.2, 0.25) is 0 Å². The number of rotatable bonds is 16. The van der Waals surface area contributed by atoms with Crippen molar-refractivity contribution in [3.63, 3.8) is 0 Å². The van der Waals surface area contributed by atoms with Gasteiger partial charge in [-0.1, -0.05) is 6.08 Å². The Morgan fingerprint density at radius 1 is 1.25 bits per heavy atom. The molecular weight excluding hydrogens is 512 g/mol. The van der Waals surface area contributed by atoms with E-state index in [0.29, 0.717) is 0 Å². The zero-order chi connectivity index (χ0) is 27.3. The van der Waals surface area contributed by atoms with Crippen LogP contribution in [0.5, 0.6) is 0 Å². The Morgan fingerprint density at radius 3 is 2.42 bits per heavy atom. The van der Waals surface area contributed by atoms with E-state index in [0.717, 1.165) is 10.6 Å². The highest BCUT2D eigenvalue weighted by Gasteiger charge is 2.28. The van der Waals surface area contributed by atoms with Crippen molar-refractivity contribution in [2.45, 2.75) is 52.4 Å². The number of nitrogens with zero attached hydrogens (tertiary/aromatic N) is 3. The molecule has 1 heterocycles. The monoisotopic (exact) mass is 547 g/mol. The van der Waals surface area contributed by atoms with Gasteiger partial charge in [-0.2, -0.15) is 0 Å². The number of aromatic nitrogens is 2. The highest BCUT2D eigenvalue weighted by atomic mass is 31.2. The Hall–Kier alpha value is -2.16. The van der Waals surface area contributed by atoms with Crippen LogP contribution < -0.4 is 16.6 Å². The van der Waals surface area contributed by atoms with E-state index in [1.807, 2.05) is 32.4 Å². The zero-order valence-corrected chi connectivity index (χ0v) is 23.2. The Labute approximate surface area is 212 Å². The smallest absolute Gasteiger partial charge is 0.346 e. The molecule has 0 saturated heterocycles. The van der Waals surface area contributed by atoms with Gasteiger partial charge in [0.1, 0.15) is 13.2 Å². The van der Waals surface area contributed by atoms with Gasteiger partial charge in [-0.05, 0) is 27.7 Å². The van der Waals surface area contributed by atoms with E-state index in [9.17, 15) is 18.9 Å². The minimum atomic E-state index is -3.53. The van der Waals surface area contributed by atoms with Crippen molar-refractivity contribution in [2.24, 2.45) is 0 Å². The lowest BCUT2D eigenvalue weighted by molar-refractivity contribution is -0.122. The predicted molar refractivity (Wildman–Crippen MR) is 136 cm³/mol. The van der Waals surface area contributed by atoms with Crippen molar-refractivity contribution in [1.29, 1.82) is 0 Å². The lowest BCUT2D eigenvalue weighted by Gasteiger charge is -2.35. The largest absolute Gasteiger partial charge is 0.353 e. The van der Waals surface area contributed by atoms with Crippen LogP contribution >= 0.6 is 16.1 Å². The fourth-order valence-electron chi connectivity index (χ4n) is 2.98. The molecule has 36 heavy (non-hydrogen) atoms. The van der Waals surface area contributed by atoms with Crippen LogP contribution in [0.15, 0.2) is 33.7 Å². The first-order valence-electron chi connectivity index (χ1n) is 11.1. The van der Waals surface area contributed by atoms with Gasteiger partial charge < -0.3 is 28.3 Å². The third-order valence-corrected chi connectivity index (χ3v) is 8.21. The molecule has 0 aliphatic carbocycles. The number of H-pyrrole nitrogens is 1. The molecule has 0 radical (unpaired) electrons. The van der Waals surface area contributed by atoms with Crippen LogP contribution in [0.3, 0.4) is 0 Å². The van der Waals surface area contributed by atoms with Crippen LogP contribution in [0.4, 0.5) is 0 Å². The van der Waals surface area contributed by atoms with Gasteiger partial charge in [-0.15, -0.1) is 0 Å². The van der Waals surface area contributed by atoms with Crippen molar-refractivity contribution < 1.29 is 27.5 Å². The zero-order valence-electron chi connectivity index (χ0n) is 21.4. The maximum absolute atomic E-state index is 12.7. The summed E-state index contributed by atoms with van der Waals surface area (Å²) in [6, 6.07) is 0.469. The molecule has 0 aliphatic rings. The molecule has 0 bridgehead atoms. The second-order valence-electron chi connectivity index (χ2n) is 7.97. The standard InChI is InChI=1S/C21H35N5O8P2/c1-16(2)26(17(3)4)35(33-12-10-22-5)34-15-18(9-13-36(30,31-6)32-7)23-20(28)14-25-11-8-19(27)24-21(25)29/h8-9,11,13,16-18H,10,12,14-15H2,1-4,6-7H3,(H,23,28)(H,24,27,29)/b13-9+/t18-,35?/m0/s1. The molecule has 0 aromatic carbocycles. The summed E-state index contributed by atoms with van der Waals surface area (Å²) in [6.45, 7) is 14.9. The molecule has 0 aliphatic heterocycles. The fourth-order valence-corrected chi connectivity index (χ4v) is 5.41. The number of aromatic amines is 1. The normalized spacial score (nSPS) is 13.9. The van der Waals surface area contributed by atoms with Crippen LogP contribution in [0.25, 0.3) is 4.85 Å². The SMILES string of the molecule is [C-]#[N+]CCOP(OC[C@H](/C=C/P(=O)(OC)OC)NC(=O)Cn1ccc(=O)[nH]c1=O)N(C(C)C)C(C)C. The van der Waals surface area contributed by atoms with Crippen molar-refractivity contribution in [3.8, 4) is 0 Å². The number of hydrogen-bond donors (Lipinski definition) is 2. The van der Waals surface area contributed by atoms with Crippen molar-refractivity contribution >= 4 is 22.0 Å². The number of hydrogen-bond acceptors (Lipinski definition) is 9. The second kappa shape index (κ2) is 15.8. The van der Waals surface area contributed by atoms with E-state index in [2.05, 4.69) is 15.1 Å². The summed E-state index contributed by atoms with van der Waals surface area (Å²) >= 11 is 0. The van der Waals surface area contributed by atoms with E-state index >= 15 is 0 Å². The lowest BCUT2D eigenvalue weighted by Crippen LogP contribution is -2.41. The number of nitrogens with one attached hydrogen (secondary N) is 2. The summed E-state index contributed by atoms with van der Waals surface area (Å²) in [5.74, 6) is 0.646. The molecule has 1 aromatic rings. The minimum absolute atomic E-state index is 0.0712. The van der Waals surface area contributed by atoms with Crippen LogP contribution in [-0.4, -0.2) is 72.2 Å². The van der Waals surface area contributed by atoms with Gasteiger partial charge in [-0.3, -0.25) is 23.7 Å². The summed E-state index contributed by atoms with van der Waals surface area (Å²) in [6.07, 6.45) is 2.63. The fraction of sp³-hybridized carbons (Fsp3) is 0.619. The molecule has 0 saturated carbocycles. The number of carbonyl (C=O) groups is 1. The molecule has 1 unspecified atom stereocenters. The highest BCUT2D eigenvalue weighted by molar-refractivity contribution is 7.57. The third-order valence-electron chi connectivity index (χ3n) is 4.58. The average molecular weight is 547 g/mol. The molecule has 1 amide bonds. The van der Waals surface area contributed by atoms with Gasteiger partial charge in [-0.25, -0.2) is 16.0 Å². The van der Waals surface area contributed by atoms with E-state index < -0.39 is 39.3 Å². The summed E-state index contributed by atoms with van der Waals surface area (Å²) in [5.41, 5.74) is -1.31. The Bertz CT molecular complexity index is 1050. The van der Waals surface area contributed by atoms with E-state index in [4.69, 9.17) is 24.7 Å². The molecular formula is C21H35N5O8P2. The van der Waals surface area contributed by atoms with Crippen LogP contribution in [0.1, 0.15) is 27.7 Å². The summed E-state index contributed by atoms with van der Waals surface area (Å²) in [7, 11) is -2.66. The Morgan fingerprint density at radius 2 is 1.89 bits per heavy atom. The van der Waals surface area contributed by atoms with Gasteiger partial charge in [0.15, 0.2) is 0 Å². The predicted octanol–water partition coefficient (Wildman–Crippen LogP) is 2.32. The Balaban J connectivity index is 3.12. The number of amides is 1. The van der Waals surface area contributed by atoms with E-state index in [1.165, 1.54) is 32.3 Å². The number of carbonyl (C=O) groups excluding carboxylic acids is 1. The van der Waals surface area contributed by atoms with Crippen molar-refractivity contribution in [1.82, 2.24) is 19.5 Å². The van der Waals surface area contributed by atoms with Gasteiger partial charge in [0, 0.05) is 44.4 Å². The highest BCUT2D eigenvalue weighted by Crippen LogP contribution is 2.48. The van der Waals surface area contributed by atoms with E-state index in [-0.39, 0.29) is 38.4 Å². The molecule has 2 atom stereocenters. The van der Waals surface area contributed by atoms with Gasteiger partial charge in [0.2, 0.25) is 12.5 Å². The first-order chi connectivity index (χ1) is 17.0. The van der Waals surface area contributed by atoms with Crippen molar-refractivity contribution in [3.05, 3.63) is 56.4 Å². The first-order valence-corrected chi connectivity index (χ1v) is 13.9. The van der Waals surface area contributed by atoms with Gasteiger partial charge in [0.05, 0.1) is 12.6 Å². The molecule has 1 rings (SSSR count). The molecule has 202 valence electrons. The summed E-state index contributed by atoms with van der Waals surface area (Å²) in [4.78, 5) is 41.2. The molecule has 1 aromatic heterocycles. The maximum atomic E-state index is 12.7. The average Bonchev–Trinajstić information content (AvgIpc) is 2.81. The molecule has 15 heteroatoms. The van der Waals surface area contributed by atoms with Crippen LogP contribution in [-0.2, 0) is 34.0 Å². The molecule has 2 N–H and O–H groups in total. The van der Waals surface area contributed by atoms with Gasteiger partial charge in [0.25, 0.3) is 14.1 Å². The van der Waals surface area contributed by atoms with Crippen LogP contribution in [0, 0.1) is 6.57 Å². The topological polar surface area (TPSA) is 146 Å². The minimum Gasteiger partial charge on any atom is -0.346 e. The second-order valence-corrected chi connectivity index (χ2v) is 11.5. The van der Waals surface area contributed by atoms with E-state index in [1.54, 1.807) is 0 Å². The lowest BCUT2D eigenvalue weighted by atomic mass is 10.3. The van der Waals surface area contributed by atoms with Gasteiger partial charge >= 0.3 is 13.3 Å². The summed E-state index contributed by atoms with van der Waals surface area (Å²) < 4.78 is 37.3. The molecule has 0 fully saturated rings. The maximum Gasteiger partial charge on any atom is 0.353 e.